The van der Waals surface area contributed by atoms with Crippen molar-refractivity contribution in [3.05, 3.63) is 35.9 Å². The molecule has 0 saturated carbocycles. The van der Waals surface area contributed by atoms with Crippen molar-refractivity contribution in [2.75, 3.05) is 25.1 Å². The third kappa shape index (κ3) is 5.09. The largest absolute Gasteiger partial charge is 0.391 e. The summed E-state index contributed by atoms with van der Waals surface area (Å²) < 4.78 is 0.798. The fourth-order valence-electron chi connectivity index (χ4n) is 1.82. The van der Waals surface area contributed by atoms with Crippen molar-refractivity contribution in [1.82, 2.24) is 15.1 Å². The van der Waals surface area contributed by atoms with Crippen LogP contribution in [0.3, 0.4) is 0 Å². The van der Waals surface area contributed by atoms with Crippen molar-refractivity contribution in [2.24, 2.45) is 0 Å². The molecule has 1 atom stereocenters. The number of hydrogen-bond donors (Lipinski definition) is 2. The van der Waals surface area contributed by atoms with Crippen molar-refractivity contribution in [3.8, 4) is 0 Å². The van der Waals surface area contributed by atoms with Gasteiger partial charge in [-0.05, 0) is 12.6 Å². The van der Waals surface area contributed by atoms with E-state index < -0.39 is 6.10 Å². The molecule has 1 aromatic heterocycles. The molecule has 0 radical (unpaired) electrons. The Hall–Kier alpha value is -1.15. The molecule has 0 aliphatic rings. The number of anilines is 1. The Morgan fingerprint density at radius 2 is 2.10 bits per heavy atom. The molecule has 0 aliphatic heterocycles. The topological polar surface area (TPSA) is 75.3 Å². The second-order valence-electron chi connectivity index (χ2n) is 4.55. The number of likely N-dealkylation sites (N-methyl/N-ethyl adjacent to an activating group) is 1. The second kappa shape index (κ2) is 7.58. The minimum atomic E-state index is -0.404. The summed E-state index contributed by atoms with van der Waals surface area (Å²) >= 11 is 2.83. The maximum atomic E-state index is 10.0. The van der Waals surface area contributed by atoms with Crippen molar-refractivity contribution < 1.29 is 5.11 Å². The van der Waals surface area contributed by atoms with E-state index >= 15 is 0 Å². The van der Waals surface area contributed by atoms with Gasteiger partial charge in [0.15, 0.2) is 4.34 Å². The SMILES string of the molecule is CN(Cc1ccccc1)CC(O)CSc1nnc(N)s1. The van der Waals surface area contributed by atoms with Crippen molar-refractivity contribution in [1.29, 1.82) is 0 Å². The predicted octanol–water partition coefficient (Wildman–Crippen LogP) is 1.71. The van der Waals surface area contributed by atoms with E-state index in [1.54, 1.807) is 0 Å². The lowest BCUT2D eigenvalue weighted by Crippen LogP contribution is -2.30. The number of nitrogen functional groups attached to an aromatic ring is 1. The zero-order chi connectivity index (χ0) is 14.4. The van der Waals surface area contributed by atoms with Gasteiger partial charge in [0.1, 0.15) is 0 Å². The first-order valence-electron chi connectivity index (χ1n) is 6.26. The Morgan fingerprint density at radius 3 is 2.75 bits per heavy atom. The average molecular weight is 310 g/mol. The second-order valence-corrected chi connectivity index (χ2v) is 6.83. The molecule has 1 unspecified atom stereocenters. The highest BCUT2D eigenvalue weighted by molar-refractivity contribution is 8.01. The maximum Gasteiger partial charge on any atom is 0.203 e. The number of thioether (sulfide) groups is 1. The van der Waals surface area contributed by atoms with Crippen LogP contribution in [0.25, 0.3) is 0 Å². The van der Waals surface area contributed by atoms with Crippen molar-refractivity contribution in [2.45, 2.75) is 17.0 Å². The van der Waals surface area contributed by atoms with Gasteiger partial charge in [-0.25, -0.2) is 0 Å². The van der Waals surface area contributed by atoms with Gasteiger partial charge in [0.05, 0.1) is 6.10 Å². The van der Waals surface area contributed by atoms with Gasteiger partial charge in [0.25, 0.3) is 0 Å². The molecule has 0 bridgehead atoms. The van der Waals surface area contributed by atoms with Gasteiger partial charge in [-0.1, -0.05) is 53.4 Å². The number of aliphatic hydroxyl groups is 1. The highest BCUT2D eigenvalue weighted by Crippen LogP contribution is 2.24. The summed E-state index contributed by atoms with van der Waals surface area (Å²) in [5.41, 5.74) is 6.75. The van der Waals surface area contributed by atoms with E-state index in [0.29, 0.717) is 17.4 Å². The van der Waals surface area contributed by atoms with Crippen LogP contribution in [0.5, 0.6) is 0 Å². The molecule has 0 saturated heterocycles. The van der Waals surface area contributed by atoms with Crippen LogP contribution in [-0.4, -0.2) is 45.7 Å². The van der Waals surface area contributed by atoms with Gasteiger partial charge >= 0.3 is 0 Å². The van der Waals surface area contributed by atoms with Crippen molar-refractivity contribution in [3.63, 3.8) is 0 Å². The maximum absolute atomic E-state index is 10.0. The number of benzene rings is 1. The Balaban J connectivity index is 1.72. The van der Waals surface area contributed by atoms with E-state index in [0.717, 1.165) is 10.9 Å². The standard InChI is InChI=1S/C13H18N4OS2/c1-17(7-10-5-3-2-4-6-10)8-11(18)9-19-13-16-15-12(14)20-13/h2-6,11,18H,7-9H2,1H3,(H2,14,15). The molecule has 108 valence electrons. The summed E-state index contributed by atoms with van der Waals surface area (Å²) in [6, 6.07) is 10.2. The number of nitrogens with zero attached hydrogens (tertiary/aromatic N) is 3. The first kappa shape index (κ1) is 15.2. The van der Waals surface area contributed by atoms with Crippen LogP contribution in [0.15, 0.2) is 34.7 Å². The lowest BCUT2D eigenvalue weighted by atomic mass is 10.2. The predicted molar refractivity (Wildman–Crippen MR) is 83.8 cm³/mol. The molecule has 1 aromatic carbocycles. The molecule has 5 nitrogen and oxygen atoms in total. The number of nitrogens with two attached hydrogens (primary N) is 1. The van der Waals surface area contributed by atoms with E-state index in [1.807, 2.05) is 25.2 Å². The van der Waals surface area contributed by atoms with E-state index in [1.165, 1.54) is 28.7 Å². The van der Waals surface area contributed by atoms with E-state index in [9.17, 15) is 5.11 Å². The molecular formula is C13H18N4OS2. The molecule has 20 heavy (non-hydrogen) atoms. The molecule has 2 rings (SSSR count). The quantitative estimate of drug-likeness (QED) is 0.758. The molecule has 0 spiro atoms. The van der Waals surface area contributed by atoms with Gasteiger partial charge in [0.2, 0.25) is 5.13 Å². The third-order valence-corrected chi connectivity index (χ3v) is 4.67. The summed E-state index contributed by atoms with van der Waals surface area (Å²) in [5.74, 6) is 0.591. The van der Waals surface area contributed by atoms with Crippen molar-refractivity contribution >= 4 is 28.2 Å². The van der Waals surface area contributed by atoms with E-state index in [4.69, 9.17) is 5.73 Å². The zero-order valence-corrected chi connectivity index (χ0v) is 12.9. The summed E-state index contributed by atoms with van der Waals surface area (Å²) in [4.78, 5) is 2.11. The van der Waals surface area contributed by atoms with Crippen LogP contribution in [-0.2, 0) is 6.54 Å². The Morgan fingerprint density at radius 1 is 1.35 bits per heavy atom. The number of aliphatic hydroxyl groups excluding tert-OH is 1. The summed E-state index contributed by atoms with van der Waals surface area (Å²) in [6.45, 7) is 1.45. The van der Waals surface area contributed by atoms with Gasteiger partial charge < -0.3 is 10.8 Å². The molecule has 3 N–H and O–H groups in total. The smallest absolute Gasteiger partial charge is 0.203 e. The highest BCUT2D eigenvalue weighted by Gasteiger charge is 2.11. The Bertz CT molecular complexity index is 520. The fourth-order valence-corrected chi connectivity index (χ4v) is 3.40. The average Bonchev–Trinajstić information content (AvgIpc) is 2.83. The van der Waals surface area contributed by atoms with Gasteiger partial charge in [0, 0.05) is 18.8 Å². The highest BCUT2D eigenvalue weighted by atomic mass is 32.2. The number of rotatable bonds is 7. The van der Waals surface area contributed by atoms with Gasteiger partial charge in [-0.2, -0.15) is 0 Å². The summed E-state index contributed by atoms with van der Waals surface area (Å²) in [7, 11) is 2.00. The Labute approximate surface area is 126 Å². The minimum Gasteiger partial charge on any atom is -0.391 e. The molecule has 0 amide bonds. The molecule has 1 heterocycles. The molecule has 7 heteroatoms. The summed E-state index contributed by atoms with van der Waals surface area (Å²) in [6.07, 6.45) is -0.404. The fraction of sp³-hybridized carbons (Fsp3) is 0.385. The first-order chi connectivity index (χ1) is 9.63. The van der Waals surface area contributed by atoms with Crippen LogP contribution in [0.2, 0.25) is 0 Å². The Kier molecular flexibility index (Phi) is 5.78. The zero-order valence-electron chi connectivity index (χ0n) is 11.3. The normalized spacial score (nSPS) is 12.8. The molecular weight excluding hydrogens is 292 g/mol. The number of hydrogen-bond acceptors (Lipinski definition) is 7. The molecule has 0 fully saturated rings. The molecule has 2 aromatic rings. The summed E-state index contributed by atoms with van der Waals surface area (Å²) in [5, 5.41) is 18.2. The monoisotopic (exact) mass is 310 g/mol. The van der Waals surface area contributed by atoms with Gasteiger partial charge in [-0.3, -0.25) is 4.90 Å². The third-order valence-electron chi connectivity index (χ3n) is 2.64. The molecule has 0 aliphatic carbocycles. The lowest BCUT2D eigenvalue weighted by Gasteiger charge is -2.20. The van der Waals surface area contributed by atoms with Crippen LogP contribution in [0, 0.1) is 0 Å². The van der Waals surface area contributed by atoms with E-state index in [-0.39, 0.29) is 0 Å². The van der Waals surface area contributed by atoms with Crippen LogP contribution >= 0.6 is 23.1 Å². The van der Waals surface area contributed by atoms with Crippen LogP contribution in [0.1, 0.15) is 5.56 Å². The van der Waals surface area contributed by atoms with Gasteiger partial charge in [-0.15, -0.1) is 10.2 Å². The minimum absolute atomic E-state index is 0.404. The van der Waals surface area contributed by atoms with Crippen LogP contribution in [0.4, 0.5) is 5.13 Å². The van der Waals surface area contributed by atoms with Crippen LogP contribution < -0.4 is 5.73 Å². The van der Waals surface area contributed by atoms with E-state index in [2.05, 4.69) is 27.2 Å². The lowest BCUT2D eigenvalue weighted by molar-refractivity contribution is 0.142. The number of aromatic nitrogens is 2. The first-order valence-corrected chi connectivity index (χ1v) is 8.06.